The van der Waals surface area contributed by atoms with E-state index in [2.05, 4.69) is 5.32 Å². The second-order valence-electron chi connectivity index (χ2n) is 4.92. The van der Waals surface area contributed by atoms with Gasteiger partial charge in [-0.3, -0.25) is 0 Å². The third-order valence-corrected chi connectivity index (χ3v) is 5.88. The number of hydrogen-bond donors (Lipinski definition) is 1. The fourth-order valence-electron chi connectivity index (χ4n) is 1.70. The quantitative estimate of drug-likeness (QED) is 0.706. The third-order valence-electron chi connectivity index (χ3n) is 2.89. The molecule has 20 heavy (non-hydrogen) atoms. The highest BCUT2D eigenvalue weighted by atomic mass is 32.2. The summed E-state index contributed by atoms with van der Waals surface area (Å²) in [5.74, 6) is 0. The van der Waals surface area contributed by atoms with Crippen molar-refractivity contribution in [3.05, 3.63) is 16.3 Å². The van der Waals surface area contributed by atoms with Gasteiger partial charge in [-0.1, -0.05) is 13.8 Å². The Morgan fingerprint density at radius 3 is 2.75 bits per heavy atom. The maximum Gasteiger partial charge on any atom is 0.243 e. The van der Waals surface area contributed by atoms with E-state index in [0.717, 1.165) is 4.88 Å². The zero-order valence-electron chi connectivity index (χ0n) is 12.5. The molecule has 116 valence electrons. The Hall–Kier alpha value is -0.470. The van der Waals surface area contributed by atoms with Crippen molar-refractivity contribution in [1.29, 1.82) is 0 Å². The molecule has 0 unspecified atom stereocenters. The number of methoxy groups -OCH3 is 1. The number of thiophene rings is 1. The lowest BCUT2D eigenvalue weighted by atomic mass is 10.4. The fourth-order valence-corrected chi connectivity index (χ4v) is 4.27. The Kier molecular flexibility index (Phi) is 7.11. The Bertz CT molecular complexity index is 497. The van der Waals surface area contributed by atoms with Crippen LogP contribution in [0.2, 0.25) is 0 Å². The monoisotopic (exact) mass is 320 g/mol. The highest BCUT2D eigenvalue weighted by Crippen LogP contribution is 2.24. The van der Waals surface area contributed by atoms with Crippen molar-refractivity contribution in [2.75, 3.05) is 27.3 Å². The van der Waals surface area contributed by atoms with E-state index in [1.54, 1.807) is 20.2 Å². The summed E-state index contributed by atoms with van der Waals surface area (Å²) >= 11 is 1.47. The number of sulfonamides is 1. The molecule has 0 aliphatic heterocycles. The van der Waals surface area contributed by atoms with E-state index in [1.807, 2.05) is 19.2 Å². The first-order valence-corrected chi connectivity index (χ1v) is 8.96. The lowest BCUT2D eigenvalue weighted by Gasteiger charge is -2.17. The Morgan fingerprint density at radius 1 is 1.45 bits per heavy atom. The molecule has 0 saturated carbocycles. The maximum atomic E-state index is 12.5. The van der Waals surface area contributed by atoms with Crippen LogP contribution >= 0.6 is 11.3 Å². The number of nitrogens with one attached hydrogen (secondary N) is 1. The Balaban J connectivity index is 2.79. The van der Waals surface area contributed by atoms with E-state index in [4.69, 9.17) is 4.74 Å². The van der Waals surface area contributed by atoms with Crippen molar-refractivity contribution in [3.8, 4) is 0 Å². The standard InChI is InChI=1S/C13H24N2O3S2/c1-11(2)14-10-12-13(6-9-19-12)20(16,17)15(3)7-5-8-18-4/h6,9,11,14H,5,7-8,10H2,1-4H3. The molecule has 1 rings (SSSR count). The van der Waals surface area contributed by atoms with Gasteiger partial charge >= 0.3 is 0 Å². The van der Waals surface area contributed by atoms with Gasteiger partial charge in [0.2, 0.25) is 10.0 Å². The van der Waals surface area contributed by atoms with Gasteiger partial charge < -0.3 is 10.1 Å². The predicted molar refractivity (Wildman–Crippen MR) is 82.6 cm³/mol. The van der Waals surface area contributed by atoms with Crippen LogP contribution in [0.4, 0.5) is 0 Å². The lowest BCUT2D eigenvalue weighted by molar-refractivity contribution is 0.189. The molecule has 0 aromatic carbocycles. The largest absolute Gasteiger partial charge is 0.385 e. The maximum absolute atomic E-state index is 12.5. The summed E-state index contributed by atoms with van der Waals surface area (Å²) in [6.07, 6.45) is 0.690. The molecule has 1 aromatic heterocycles. The van der Waals surface area contributed by atoms with Crippen LogP contribution in [0.25, 0.3) is 0 Å². The Labute approximate surface area is 126 Å². The van der Waals surface area contributed by atoms with Crippen molar-refractivity contribution in [2.24, 2.45) is 0 Å². The minimum atomic E-state index is -3.41. The molecule has 1 heterocycles. The molecule has 0 amide bonds. The summed E-state index contributed by atoms with van der Waals surface area (Å²) in [5, 5.41) is 5.09. The van der Waals surface area contributed by atoms with Crippen LogP contribution in [0.3, 0.4) is 0 Å². The first-order chi connectivity index (χ1) is 9.39. The minimum absolute atomic E-state index is 0.326. The normalized spacial score (nSPS) is 12.5. The number of rotatable bonds is 9. The van der Waals surface area contributed by atoms with Crippen LogP contribution in [0.5, 0.6) is 0 Å². The van der Waals surface area contributed by atoms with Crippen LogP contribution in [-0.2, 0) is 21.3 Å². The highest BCUT2D eigenvalue weighted by Gasteiger charge is 2.24. The lowest BCUT2D eigenvalue weighted by Crippen LogP contribution is -2.30. The van der Waals surface area contributed by atoms with Crippen LogP contribution in [-0.4, -0.2) is 46.1 Å². The summed E-state index contributed by atoms with van der Waals surface area (Å²) in [6.45, 7) is 5.68. The van der Waals surface area contributed by atoms with Gasteiger partial charge in [-0.2, -0.15) is 0 Å². The minimum Gasteiger partial charge on any atom is -0.385 e. The van der Waals surface area contributed by atoms with Gasteiger partial charge in [0.15, 0.2) is 0 Å². The summed E-state index contributed by atoms with van der Waals surface area (Å²) in [4.78, 5) is 1.27. The van der Waals surface area contributed by atoms with Gasteiger partial charge in [-0.25, -0.2) is 12.7 Å². The zero-order chi connectivity index (χ0) is 15.2. The van der Waals surface area contributed by atoms with Crippen molar-refractivity contribution < 1.29 is 13.2 Å². The van der Waals surface area contributed by atoms with Gasteiger partial charge in [0.05, 0.1) is 4.90 Å². The summed E-state index contributed by atoms with van der Waals surface area (Å²) in [5.41, 5.74) is 0. The van der Waals surface area contributed by atoms with Crippen LogP contribution < -0.4 is 5.32 Å². The molecule has 0 fully saturated rings. The smallest absolute Gasteiger partial charge is 0.243 e. The van der Waals surface area contributed by atoms with Gasteiger partial charge in [0.25, 0.3) is 0 Å². The molecule has 0 aliphatic rings. The van der Waals surface area contributed by atoms with E-state index in [1.165, 1.54) is 15.6 Å². The van der Waals surface area contributed by atoms with Gasteiger partial charge in [-0.05, 0) is 17.9 Å². The molecule has 0 saturated heterocycles. The predicted octanol–water partition coefficient (Wildman–Crippen LogP) is 1.90. The molecule has 0 atom stereocenters. The van der Waals surface area contributed by atoms with Crippen LogP contribution in [0.1, 0.15) is 25.1 Å². The number of ether oxygens (including phenoxy) is 1. The van der Waals surface area contributed by atoms with Crippen molar-refractivity contribution in [1.82, 2.24) is 9.62 Å². The second-order valence-corrected chi connectivity index (χ2v) is 7.93. The molecule has 1 N–H and O–H groups in total. The highest BCUT2D eigenvalue weighted by molar-refractivity contribution is 7.89. The fraction of sp³-hybridized carbons (Fsp3) is 0.692. The van der Waals surface area contributed by atoms with Crippen molar-refractivity contribution in [3.63, 3.8) is 0 Å². The van der Waals surface area contributed by atoms with Crippen LogP contribution in [0, 0.1) is 0 Å². The first-order valence-electron chi connectivity index (χ1n) is 6.64. The summed E-state index contributed by atoms with van der Waals surface area (Å²) < 4.78 is 31.4. The topological polar surface area (TPSA) is 58.6 Å². The van der Waals surface area contributed by atoms with Gasteiger partial charge in [0, 0.05) is 44.8 Å². The van der Waals surface area contributed by atoms with E-state index >= 15 is 0 Å². The molecular weight excluding hydrogens is 296 g/mol. The molecule has 0 aliphatic carbocycles. The Morgan fingerprint density at radius 2 is 2.15 bits per heavy atom. The molecule has 0 bridgehead atoms. The van der Waals surface area contributed by atoms with E-state index in [0.29, 0.717) is 37.1 Å². The average Bonchev–Trinajstić information content (AvgIpc) is 2.85. The van der Waals surface area contributed by atoms with E-state index < -0.39 is 10.0 Å². The molecule has 5 nitrogen and oxygen atoms in total. The van der Waals surface area contributed by atoms with Gasteiger partial charge in [-0.15, -0.1) is 11.3 Å². The molecular formula is C13H24N2O3S2. The average molecular weight is 320 g/mol. The SMILES string of the molecule is COCCCN(C)S(=O)(=O)c1ccsc1CNC(C)C. The second kappa shape index (κ2) is 8.09. The number of nitrogens with zero attached hydrogens (tertiary/aromatic N) is 1. The van der Waals surface area contributed by atoms with Gasteiger partial charge in [0.1, 0.15) is 0 Å². The van der Waals surface area contributed by atoms with Crippen molar-refractivity contribution >= 4 is 21.4 Å². The number of hydrogen-bond acceptors (Lipinski definition) is 5. The molecule has 1 aromatic rings. The molecule has 7 heteroatoms. The molecule has 0 spiro atoms. The van der Waals surface area contributed by atoms with E-state index in [9.17, 15) is 8.42 Å². The summed E-state index contributed by atoms with van der Waals surface area (Å²) in [7, 11) is -0.179. The van der Waals surface area contributed by atoms with Crippen molar-refractivity contribution in [2.45, 2.75) is 37.8 Å². The zero-order valence-corrected chi connectivity index (χ0v) is 14.2. The van der Waals surface area contributed by atoms with Crippen LogP contribution in [0.15, 0.2) is 16.3 Å². The van der Waals surface area contributed by atoms with E-state index in [-0.39, 0.29) is 0 Å². The first kappa shape index (κ1) is 17.6. The summed E-state index contributed by atoms with van der Waals surface area (Å²) in [6, 6.07) is 2.01. The molecule has 0 radical (unpaired) electrons. The third kappa shape index (κ3) is 4.82.